The van der Waals surface area contributed by atoms with E-state index in [4.69, 9.17) is 4.52 Å². The van der Waals surface area contributed by atoms with Gasteiger partial charge in [0, 0.05) is 35.6 Å². The van der Waals surface area contributed by atoms with Crippen LogP contribution in [0.15, 0.2) is 70.9 Å². The molecule has 1 amide bonds. The van der Waals surface area contributed by atoms with Crippen molar-refractivity contribution in [3.63, 3.8) is 0 Å². The van der Waals surface area contributed by atoms with Crippen LogP contribution in [0.5, 0.6) is 0 Å². The summed E-state index contributed by atoms with van der Waals surface area (Å²) in [6, 6.07) is 11.5. The highest BCUT2D eigenvalue weighted by atomic mass is 32.2. The number of hydrogen-bond acceptors (Lipinski definition) is 6. The van der Waals surface area contributed by atoms with Crippen molar-refractivity contribution in [2.24, 2.45) is 0 Å². The van der Waals surface area contributed by atoms with Crippen molar-refractivity contribution in [2.45, 2.75) is 37.6 Å². The van der Waals surface area contributed by atoms with Crippen LogP contribution in [-0.2, 0) is 5.75 Å². The highest BCUT2D eigenvalue weighted by Crippen LogP contribution is 2.27. The number of carbonyl (C=O) groups excluding carboxylic acids is 1. The van der Waals surface area contributed by atoms with Crippen LogP contribution in [0, 0.1) is 13.8 Å². The number of pyridine rings is 1. The molecule has 0 bridgehead atoms. The Morgan fingerprint density at radius 3 is 2.68 bits per heavy atom. The summed E-state index contributed by atoms with van der Waals surface area (Å²) >= 11 is 1.50. The maximum atomic E-state index is 13.0. The van der Waals surface area contributed by atoms with Gasteiger partial charge in [0.1, 0.15) is 10.8 Å². The second-order valence-corrected chi connectivity index (χ2v) is 8.17. The van der Waals surface area contributed by atoms with Gasteiger partial charge < -0.3 is 14.4 Å². The topological polar surface area (TPSA) is 85.8 Å². The summed E-state index contributed by atoms with van der Waals surface area (Å²) in [5, 5.41) is 7.75. The second kappa shape index (κ2) is 9.18. The van der Waals surface area contributed by atoms with Gasteiger partial charge in [-0.25, -0.2) is 9.97 Å². The molecule has 0 unspecified atom stereocenters. The summed E-state index contributed by atoms with van der Waals surface area (Å²) in [6.07, 6.45) is 7.09. The molecule has 0 aliphatic carbocycles. The molecule has 8 heteroatoms. The van der Waals surface area contributed by atoms with E-state index in [1.165, 1.54) is 11.8 Å². The summed E-state index contributed by atoms with van der Waals surface area (Å²) in [6.45, 7) is 5.77. The van der Waals surface area contributed by atoms with Crippen LogP contribution in [0.25, 0.3) is 5.69 Å². The lowest BCUT2D eigenvalue weighted by molar-refractivity contribution is 0.0936. The van der Waals surface area contributed by atoms with Gasteiger partial charge in [0.05, 0.1) is 23.6 Å². The van der Waals surface area contributed by atoms with Gasteiger partial charge in [-0.2, -0.15) is 0 Å². The standard InChI is InChI=1S/C23H23N5O2S/c1-15(18-6-8-19(9-7-18)28-12-11-24-14-28)26-22(29)20-5-4-10-25-23(20)31-13-21-16(2)27-30-17(21)3/h4-12,14-15H,13H2,1-3H3,(H,26,29)/t15-/m0/s1. The Kier molecular flexibility index (Phi) is 6.18. The van der Waals surface area contributed by atoms with E-state index >= 15 is 0 Å². The Labute approximate surface area is 184 Å². The molecule has 0 saturated carbocycles. The fourth-order valence-corrected chi connectivity index (χ4v) is 4.38. The lowest BCUT2D eigenvalue weighted by Gasteiger charge is -2.16. The van der Waals surface area contributed by atoms with Gasteiger partial charge in [0.25, 0.3) is 5.91 Å². The molecule has 0 fully saturated rings. The third-order valence-electron chi connectivity index (χ3n) is 5.09. The van der Waals surface area contributed by atoms with Gasteiger partial charge in [-0.3, -0.25) is 4.79 Å². The van der Waals surface area contributed by atoms with Crippen molar-refractivity contribution in [1.82, 2.24) is 25.0 Å². The SMILES string of the molecule is Cc1noc(C)c1CSc1ncccc1C(=O)N[C@@H](C)c1ccc(-n2ccnc2)cc1. The number of nitrogens with one attached hydrogen (secondary N) is 1. The number of aromatic nitrogens is 4. The predicted octanol–water partition coefficient (Wildman–Crippen LogP) is 4.66. The van der Waals surface area contributed by atoms with Gasteiger partial charge in [0.15, 0.2) is 0 Å². The van der Waals surface area contributed by atoms with E-state index in [0.29, 0.717) is 16.3 Å². The summed E-state index contributed by atoms with van der Waals surface area (Å²) in [4.78, 5) is 21.5. The molecular weight excluding hydrogens is 410 g/mol. The number of carbonyl (C=O) groups is 1. The lowest BCUT2D eigenvalue weighted by Crippen LogP contribution is -2.27. The molecular formula is C23H23N5O2S. The summed E-state index contributed by atoms with van der Waals surface area (Å²) in [5.74, 6) is 1.28. The molecule has 0 aliphatic rings. The molecule has 3 aromatic heterocycles. The molecule has 7 nitrogen and oxygen atoms in total. The number of hydrogen-bond donors (Lipinski definition) is 1. The quantitative estimate of drug-likeness (QED) is 0.427. The molecule has 4 aromatic rings. The van der Waals surface area contributed by atoms with Crippen LogP contribution in [0.1, 0.15) is 45.9 Å². The number of amides is 1. The number of rotatable bonds is 7. The zero-order valence-corrected chi connectivity index (χ0v) is 18.4. The fraction of sp³-hybridized carbons (Fsp3) is 0.217. The van der Waals surface area contributed by atoms with Crippen LogP contribution >= 0.6 is 11.8 Å². The number of benzene rings is 1. The third kappa shape index (κ3) is 4.69. The Hall–Kier alpha value is -3.39. The van der Waals surface area contributed by atoms with E-state index < -0.39 is 0 Å². The minimum absolute atomic E-state index is 0.148. The molecule has 31 heavy (non-hydrogen) atoms. The Balaban J connectivity index is 1.44. The maximum absolute atomic E-state index is 13.0. The van der Waals surface area contributed by atoms with E-state index in [0.717, 1.165) is 28.3 Å². The highest BCUT2D eigenvalue weighted by Gasteiger charge is 2.17. The monoisotopic (exact) mass is 433 g/mol. The zero-order valence-electron chi connectivity index (χ0n) is 17.6. The third-order valence-corrected chi connectivity index (χ3v) is 6.13. The van der Waals surface area contributed by atoms with E-state index in [1.54, 1.807) is 30.9 Å². The van der Waals surface area contributed by atoms with Crippen molar-refractivity contribution in [1.29, 1.82) is 0 Å². The first-order chi connectivity index (χ1) is 15.0. The van der Waals surface area contributed by atoms with Gasteiger partial charge in [0.2, 0.25) is 0 Å². The molecule has 1 atom stereocenters. The van der Waals surface area contributed by atoms with Crippen molar-refractivity contribution in [2.75, 3.05) is 0 Å². The van der Waals surface area contributed by atoms with Gasteiger partial charge in [-0.15, -0.1) is 11.8 Å². The largest absolute Gasteiger partial charge is 0.361 e. The van der Waals surface area contributed by atoms with E-state index in [-0.39, 0.29) is 11.9 Å². The van der Waals surface area contributed by atoms with E-state index in [1.807, 2.05) is 55.8 Å². The fourth-order valence-electron chi connectivity index (χ4n) is 3.23. The zero-order chi connectivity index (χ0) is 21.8. The lowest BCUT2D eigenvalue weighted by atomic mass is 10.1. The summed E-state index contributed by atoms with van der Waals surface area (Å²) in [7, 11) is 0. The molecule has 158 valence electrons. The molecule has 0 spiro atoms. The first-order valence-corrected chi connectivity index (χ1v) is 10.9. The number of aryl methyl sites for hydroxylation is 2. The average Bonchev–Trinajstić information content (AvgIpc) is 3.43. The number of thioether (sulfide) groups is 1. The predicted molar refractivity (Wildman–Crippen MR) is 119 cm³/mol. The molecule has 0 aliphatic heterocycles. The molecule has 0 radical (unpaired) electrons. The summed E-state index contributed by atoms with van der Waals surface area (Å²) in [5.41, 5.74) is 4.49. The number of nitrogens with zero attached hydrogens (tertiary/aromatic N) is 4. The molecule has 1 aromatic carbocycles. The minimum atomic E-state index is -0.152. The van der Waals surface area contributed by atoms with Crippen LogP contribution in [0.4, 0.5) is 0 Å². The van der Waals surface area contributed by atoms with Crippen molar-refractivity contribution < 1.29 is 9.32 Å². The van der Waals surface area contributed by atoms with E-state index in [2.05, 4.69) is 20.4 Å². The number of imidazole rings is 1. The Bertz CT molecular complexity index is 1150. The van der Waals surface area contributed by atoms with Crippen LogP contribution < -0.4 is 5.32 Å². The maximum Gasteiger partial charge on any atom is 0.254 e. The minimum Gasteiger partial charge on any atom is -0.361 e. The van der Waals surface area contributed by atoms with Crippen molar-refractivity contribution >= 4 is 17.7 Å². The van der Waals surface area contributed by atoms with Crippen molar-refractivity contribution in [3.05, 3.63) is 89.5 Å². The van der Waals surface area contributed by atoms with Gasteiger partial charge in [-0.1, -0.05) is 17.3 Å². The van der Waals surface area contributed by atoms with Crippen LogP contribution in [0.2, 0.25) is 0 Å². The first-order valence-electron chi connectivity index (χ1n) is 9.91. The normalized spacial score (nSPS) is 12.0. The van der Waals surface area contributed by atoms with Crippen LogP contribution in [0.3, 0.4) is 0 Å². The Morgan fingerprint density at radius 2 is 2.00 bits per heavy atom. The van der Waals surface area contributed by atoms with Crippen LogP contribution in [-0.4, -0.2) is 25.6 Å². The molecule has 1 N–H and O–H groups in total. The molecule has 4 rings (SSSR count). The second-order valence-electron chi connectivity index (χ2n) is 7.20. The molecule has 3 heterocycles. The molecule has 0 saturated heterocycles. The van der Waals surface area contributed by atoms with Gasteiger partial charge in [-0.05, 0) is 50.6 Å². The Morgan fingerprint density at radius 1 is 1.19 bits per heavy atom. The van der Waals surface area contributed by atoms with Gasteiger partial charge >= 0.3 is 0 Å². The smallest absolute Gasteiger partial charge is 0.254 e. The summed E-state index contributed by atoms with van der Waals surface area (Å²) < 4.78 is 7.16. The average molecular weight is 434 g/mol. The van der Waals surface area contributed by atoms with E-state index in [9.17, 15) is 4.79 Å². The van der Waals surface area contributed by atoms with Crippen molar-refractivity contribution in [3.8, 4) is 5.69 Å². The first kappa shape index (κ1) is 20.9. The highest BCUT2D eigenvalue weighted by molar-refractivity contribution is 7.98.